The van der Waals surface area contributed by atoms with Crippen LogP contribution in [0.5, 0.6) is 5.75 Å². The number of imidazole rings is 1. The molecule has 2 aromatic heterocycles. The minimum absolute atomic E-state index is 0.610. The van der Waals surface area contributed by atoms with E-state index in [2.05, 4.69) is 52.6 Å². The maximum atomic E-state index is 5.32. The zero-order valence-electron chi connectivity index (χ0n) is 16.8. The number of nitrogens with one attached hydrogen (secondary N) is 1. The number of fused-ring (bicyclic) bond motifs is 2. The number of piperidine rings is 1. The van der Waals surface area contributed by atoms with E-state index in [0.29, 0.717) is 6.04 Å². The van der Waals surface area contributed by atoms with Gasteiger partial charge in [0.1, 0.15) is 17.9 Å². The summed E-state index contributed by atoms with van der Waals surface area (Å²) >= 11 is 0. The molecule has 6 nitrogen and oxygen atoms in total. The molecule has 1 aliphatic heterocycles. The van der Waals surface area contributed by atoms with Crippen LogP contribution >= 0.6 is 0 Å². The first kappa shape index (κ1) is 17.9. The lowest BCUT2D eigenvalue weighted by Crippen LogP contribution is -2.41. The van der Waals surface area contributed by atoms with Crippen LogP contribution in [-0.2, 0) is 0 Å². The van der Waals surface area contributed by atoms with E-state index < -0.39 is 0 Å². The van der Waals surface area contributed by atoms with Gasteiger partial charge in [0, 0.05) is 30.6 Å². The van der Waals surface area contributed by atoms with Gasteiger partial charge in [-0.25, -0.2) is 9.97 Å². The molecule has 6 heteroatoms. The Kier molecular flexibility index (Phi) is 4.56. The number of aromatic nitrogens is 3. The highest BCUT2D eigenvalue weighted by molar-refractivity contribution is 5.92. The number of hydrogen-bond acceptors (Lipinski definition) is 5. The lowest BCUT2D eigenvalue weighted by Gasteiger charge is -2.33. The molecule has 1 N–H and O–H groups in total. The number of benzene rings is 2. The highest BCUT2D eigenvalue weighted by atomic mass is 16.5. The summed E-state index contributed by atoms with van der Waals surface area (Å²) in [5, 5.41) is 4.56. The van der Waals surface area contributed by atoms with E-state index in [0.717, 1.165) is 59.4 Å². The molecule has 0 bridgehead atoms. The lowest BCUT2D eigenvalue weighted by molar-refractivity contribution is 0.415. The number of nitrogens with zero attached hydrogens (tertiary/aromatic N) is 4. The van der Waals surface area contributed by atoms with Crippen LogP contribution in [0.2, 0.25) is 0 Å². The molecule has 0 aliphatic carbocycles. The van der Waals surface area contributed by atoms with Crippen molar-refractivity contribution in [1.29, 1.82) is 0 Å². The van der Waals surface area contributed by atoms with Crippen LogP contribution in [0, 0.1) is 0 Å². The van der Waals surface area contributed by atoms with Gasteiger partial charge in [-0.2, -0.15) is 0 Å². The molecule has 1 aliphatic rings. The fraction of sp³-hybridized carbons (Fsp3) is 0.304. The Labute approximate surface area is 170 Å². The van der Waals surface area contributed by atoms with Crippen LogP contribution in [0.3, 0.4) is 0 Å². The molecule has 0 atom stereocenters. The van der Waals surface area contributed by atoms with Gasteiger partial charge in [-0.1, -0.05) is 12.1 Å². The Morgan fingerprint density at radius 1 is 1.07 bits per heavy atom. The highest BCUT2D eigenvalue weighted by Crippen LogP contribution is 2.29. The van der Waals surface area contributed by atoms with E-state index in [4.69, 9.17) is 9.72 Å². The van der Waals surface area contributed by atoms with Crippen molar-refractivity contribution in [2.24, 2.45) is 0 Å². The van der Waals surface area contributed by atoms with E-state index in [1.807, 2.05) is 29.1 Å². The van der Waals surface area contributed by atoms with E-state index in [-0.39, 0.29) is 0 Å². The summed E-state index contributed by atoms with van der Waals surface area (Å²) in [6, 6.07) is 17.2. The smallest absolute Gasteiger partial charge is 0.139 e. The van der Waals surface area contributed by atoms with Gasteiger partial charge in [0.15, 0.2) is 0 Å². The summed E-state index contributed by atoms with van der Waals surface area (Å²) in [6.07, 6.45) is 4.14. The Bertz CT molecular complexity index is 1160. The van der Waals surface area contributed by atoms with Crippen LogP contribution < -0.4 is 15.0 Å². The molecule has 4 aromatic rings. The maximum Gasteiger partial charge on any atom is 0.139 e. The van der Waals surface area contributed by atoms with Crippen LogP contribution in [-0.4, -0.2) is 47.8 Å². The normalized spacial score (nSPS) is 15.3. The van der Waals surface area contributed by atoms with Gasteiger partial charge < -0.3 is 15.0 Å². The number of rotatable bonds is 4. The van der Waals surface area contributed by atoms with Gasteiger partial charge in [0.05, 0.1) is 29.3 Å². The first-order chi connectivity index (χ1) is 14.3. The molecule has 1 saturated heterocycles. The van der Waals surface area contributed by atoms with Gasteiger partial charge in [-0.3, -0.25) is 4.57 Å². The predicted octanol–water partition coefficient (Wildman–Crippen LogP) is 3.77. The molecular weight excluding hydrogens is 362 g/mol. The van der Waals surface area contributed by atoms with E-state index in [1.165, 1.54) is 5.69 Å². The van der Waals surface area contributed by atoms with Crippen molar-refractivity contribution in [2.75, 3.05) is 32.1 Å². The fourth-order valence-corrected chi connectivity index (χ4v) is 4.22. The maximum absolute atomic E-state index is 5.32. The standard InChI is InChI=1S/C23H25N5O/c1-24-17-10-12-27(13-11-17)21-5-3-4-16-6-9-22(26-23(16)21)28-15-25-19-14-18(29-2)7-8-20(19)28/h3-9,14-15,17,24H,10-13H2,1-2H3. The third kappa shape index (κ3) is 3.19. The number of hydrogen-bond donors (Lipinski definition) is 1. The second-order valence-electron chi connectivity index (χ2n) is 7.54. The van der Waals surface area contributed by atoms with E-state index in [1.54, 1.807) is 7.11 Å². The average molecular weight is 387 g/mol. The van der Waals surface area contributed by atoms with Crippen molar-refractivity contribution >= 4 is 27.6 Å². The van der Waals surface area contributed by atoms with Crippen LogP contribution in [0.15, 0.2) is 54.9 Å². The van der Waals surface area contributed by atoms with Crippen LogP contribution in [0.4, 0.5) is 5.69 Å². The molecular formula is C23H25N5O. The van der Waals surface area contributed by atoms with Crippen molar-refractivity contribution in [2.45, 2.75) is 18.9 Å². The molecule has 148 valence electrons. The molecule has 5 rings (SSSR count). The second-order valence-corrected chi connectivity index (χ2v) is 7.54. The minimum Gasteiger partial charge on any atom is -0.497 e. The Balaban J connectivity index is 1.57. The summed E-state index contributed by atoms with van der Waals surface area (Å²) in [4.78, 5) is 12.1. The molecule has 0 radical (unpaired) electrons. The van der Waals surface area contributed by atoms with Crippen molar-refractivity contribution < 1.29 is 4.74 Å². The molecule has 2 aromatic carbocycles. The predicted molar refractivity (Wildman–Crippen MR) is 117 cm³/mol. The van der Waals surface area contributed by atoms with Crippen molar-refractivity contribution in [1.82, 2.24) is 19.9 Å². The number of pyridine rings is 1. The molecule has 0 saturated carbocycles. The Morgan fingerprint density at radius 3 is 2.72 bits per heavy atom. The summed E-state index contributed by atoms with van der Waals surface area (Å²) in [6.45, 7) is 2.09. The monoisotopic (exact) mass is 387 g/mol. The van der Waals surface area contributed by atoms with Gasteiger partial charge in [0.2, 0.25) is 0 Å². The molecule has 0 spiro atoms. The number of methoxy groups -OCH3 is 1. The fourth-order valence-electron chi connectivity index (χ4n) is 4.22. The highest BCUT2D eigenvalue weighted by Gasteiger charge is 2.20. The zero-order valence-corrected chi connectivity index (χ0v) is 16.8. The molecule has 1 fully saturated rings. The summed E-state index contributed by atoms with van der Waals surface area (Å²) < 4.78 is 7.36. The van der Waals surface area contributed by atoms with E-state index in [9.17, 15) is 0 Å². The van der Waals surface area contributed by atoms with Crippen LogP contribution in [0.25, 0.3) is 27.8 Å². The van der Waals surface area contributed by atoms with Crippen LogP contribution in [0.1, 0.15) is 12.8 Å². The quantitative estimate of drug-likeness (QED) is 0.578. The average Bonchev–Trinajstić information content (AvgIpc) is 3.21. The second kappa shape index (κ2) is 7.37. The summed E-state index contributed by atoms with van der Waals surface area (Å²) in [7, 11) is 3.72. The first-order valence-corrected chi connectivity index (χ1v) is 10.1. The molecule has 3 heterocycles. The molecule has 0 amide bonds. The number of para-hydroxylation sites is 1. The molecule has 0 unspecified atom stereocenters. The topological polar surface area (TPSA) is 55.2 Å². The Hall–Kier alpha value is -3.12. The van der Waals surface area contributed by atoms with Gasteiger partial charge >= 0.3 is 0 Å². The zero-order chi connectivity index (χ0) is 19.8. The third-order valence-corrected chi connectivity index (χ3v) is 5.93. The minimum atomic E-state index is 0.610. The molecule has 29 heavy (non-hydrogen) atoms. The summed E-state index contributed by atoms with van der Waals surface area (Å²) in [5.74, 6) is 1.68. The largest absolute Gasteiger partial charge is 0.497 e. The first-order valence-electron chi connectivity index (χ1n) is 10.1. The van der Waals surface area contributed by atoms with Gasteiger partial charge in [-0.15, -0.1) is 0 Å². The number of anilines is 1. The van der Waals surface area contributed by atoms with E-state index >= 15 is 0 Å². The summed E-state index contributed by atoms with van der Waals surface area (Å²) in [5.41, 5.74) is 4.17. The van der Waals surface area contributed by atoms with Gasteiger partial charge in [-0.05, 0) is 50.2 Å². The van der Waals surface area contributed by atoms with Crippen molar-refractivity contribution in [3.63, 3.8) is 0 Å². The van der Waals surface area contributed by atoms with Crippen molar-refractivity contribution in [3.8, 4) is 11.6 Å². The number of ether oxygens (including phenoxy) is 1. The Morgan fingerprint density at radius 2 is 1.93 bits per heavy atom. The lowest BCUT2D eigenvalue weighted by atomic mass is 10.0. The van der Waals surface area contributed by atoms with Gasteiger partial charge in [0.25, 0.3) is 0 Å². The SMILES string of the molecule is CNC1CCN(c2cccc3ccc(-n4cnc5cc(OC)ccc54)nc23)CC1. The van der Waals surface area contributed by atoms with Crippen molar-refractivity contribution in [3.05, 3.63) is 54.9 Å². The third-order valence-electron chi connectivity index (χ3n) is 5.93.